The third-order valence-electron chi connectivity index (χ3n) is 5.67. The Kier molecular flexibility index (Phi) is 4.70. The second kappa shape index (κ2) is 7.16. The smallest absolute Gasteiger partial charge is 0.414 e. The number of benzene rings is 2. The number of Topliss-reactive ketones (excluding diaryl/α,β-unsaturated/α-hetero) is 1. The van der Waals surface area contributed by atoms with Gasteiger partial charge in [-0.05, 0) is 30.0 Å². The number of ether oxygens (including phenoxy) is 2. The molecule has 1 heterocycles. The summed E-state index contributed by atoms with van der Waals surface area (Å²) in [5.74, 6) is 0.0989. The zero-order chi connectivity index (χ0) is 18.9. The summed E-state index contributed by atoms with van der Waals surface area (Å²) in [4.78, 5) is 26.3. The molecule has 2 aliphatic rings. The number of fused-ring (bicyclic) bond motifs is 3. The number of carbonyl (C=O) groups excluding carboxylic acids is 2. The number of carbonyl (C=O) groups is 2. The zero-order valence-corrected chi connectivity index (χ0v) is 15.4. The SMILES string of the molecule is COC(=O)N1c2ccccc2[C@]2(CCCOCc3ccccc3)CC(=O)[C@H]12. The van der Waals surface area contributed by atoms with Crippen molar-refractivity contribution in [3.8, 4) is 0 Å². The predicted molar refractivity (Wildman–Crippen MR) is 102 cm³/mol. The molecule has 0 unspecified atom stereocenters. The molecule has 1 aliphatic carbocycles. The van der Waals surface area contributed by atoms with Crippen LogP contribution in [0.3, 0.4) is 0 Å². The molecular weight excluding hydrogens is 342 g/mol. The highest BCUT2D eigenvalue weighted by molar-refractivity contribution is 6.08. The van der Waals surface area contributed by atoms with Gasteiger partial charge >= 0.3 is 6.09 Å². The summed E-state index contributed by atoms with van der Waals surface area (Å²) in [6, 6.07) is 17.4. The predicted octanol–water partition coefficient (Wildman–Crippen LogP) is 3.85. The maximum absolute atomic E-state index is 12.4. The van der Waals surface area contributed by atoms with Gasteiger partial charge in [-0.2, -0.15) is 0 Å². The molecule has 2 aromatic carbocycles. The molecule has 0 radical (unpaired) electrons. The Balaban J connectivity index is 1.45. The number of amides is 1. The highest BCUT2D eigenvalue weighted by Crippen LogP contribution is 2.56. The summed E-state index contributed by atoms with van der Waals surface area (Å²) in [6.07, 6.45) is 1.64. The summed E-state index contributed by atoms with van der Waals surface area (Å²) in [5.41, 5.74) is 2.71. The van der Waals surface area contributed by atoms with Gasteiger partial charge in [0.05, 0.1) is 19.4 Å². The molecule has 0 spiro atoms. The lowest BCUT2D eigenvalue weighted by molar-refractivity contribution is -0.130. The van der Waals surface area contributed by atoms with E-state index in [1.807, 2.05) is 54.6 Å². The molecule has 4 rings (SSSR count). The molecule has 5 heteroatoms. The van der Waals surface area contributed by atoms with Crippen LogP contribution in [-0.4, -0.2) is 31.6 Å². The number of anilines is 1. The van der Waals surface area contributed by atoms with Crippen molar-refractivity contribution in [1.82, 2.24) is 0 Å². The summed E-state index contributed by atoms with van der Waals surface area (Å²) in [5, 5.41) is 0. The molecule has 0 aromatic heterocycles. The number of ketones is 1. The molecule has 2 atom stereocenters. The molecular formula is C22H23NO4. The van der Waals surface area contributed by atoms with E-state index in [1.54, 1.807) is 0 Å². The molecule has 1 saturated carbocycles. The van der Waals surface area contributed by atoms with Crippen LogP contribution in [-0.2, 0) is 26.3 Å². The van der Waals surface area contributed by atoms with Crippen molar-refractivity contribution < 1.29 is 19.1 Å². The fourth-order valence-electron chi connectivity index (χ4n) is 4.47. The van der Waals surface area contributed by atoms with Crippen LogP contribution in [0.2, 0.25) is 0 Å². The summed E-state index contributed by atoms with van der Waals surface area (Å²) in [6.45, 7) is 1.21. The third kappa shape index (κ3) is 2.92. The first-order chi connectivity index (χ1) is 13.2. The van der Waals surface area contributed by atoms with Crippen LogP contribution in [0, 0.1) is 0 Å². The van der Waals surface area contributed by atoms with Gasteiger partial charge in [0.2, 0.25) is 0 Å². The van der Waals surface area contributed by atoms with Gasteiger partial charge in [-0.15, -0.1) is 0 Å². The topological polar surface area (TPSA) is 55.8 Å². The van der Waals surface area contributed by atoms with Crippen LogP contribution < -0.4 is 4.90 Å². The lowest BCUT2D eigenvalue weighted by atomic mass is 9.59. The van der Waals surface area contributed by atoms with E-state index in [4.69, 9.17) is 9.47 Å². The van der Waals surface area contributed by atoms with Gasteiger partial charge in [0, 0.05) is 18.4 Å². The number of hydrogen-bond acceptors (Lipinski definition) is 4. The molecule has 1 aliphatic heterocycles. The van der Waals surface area contributed by atoms with E-state index in [2.05, 4.69) is 0 Å². The first-order valence-electron chi connectivity index (χ1n) is 9.28. The van der Waals surface area contributed by atoms with E-state index < -0.39 is 12.1 Å². The van der Waals surface area contributed by atoms with Crippen molar-refractivity contribution in [3.63, 3.8) is 0 Å². The number of nitrogens with zero attached hydrogens (tertiary/aromatic N) is 1. The number of hydrogen-bond donors (Lipinski definition) is 0. The fraction of sp³-hybridized carbons (Fsp3) is 0.364. The van der Waals surface area contributed by atoms with Crippen molar-refractivity contribution >= 4 is 17.6 Å². The summed E-state index contributed by atoms with van der Waals surface area (Å²) in [7, 11) is 1.35. The Bertz CT molecular complexity index is 850. The molecule has 0 N–H and O–H groups in total. The van der Waals surface area contributed by atoms with E-state index >= 15 is 0 Å². The minimum atomic E-state index is -0.470. The molecule has 2 aromatic rings. The maximum atomic E-state index is 12.4. The molecule has 0 saturated heterocycles. The lowest BCUT2D eigenvalue weighted by Gasteiger charge is -2.45. The van der Waals surface area contributed by atoms with Crippen molar-refractivity contribution in [2.24, 2.45) is 0 Å². The second-order valence-electron chi connectivity index (χ2n) is 7.20. The number of rotatable bonds is 6. The largest absolute Gasteiger partial charge is 0.452 e. The van der Waals surface area contributed by atoms with Crippen molar-refractivity contribution in [3.05, 3.63) is 65.7 Å². The standard InChI is InChI=1S/C22H23NO4/c1-26-21(25)23-18-11-6-5-10-17(18)22(14-19(24)20(22)23)12-7-13-27-15-16-8-3-2-4-9-16/h2-6,8-11,20H,7,12-15H2,1H3/t20-,22-/m0/s1. The molecule has 0 bridgehead atoms. The Morgan fingerprint density at radius 2 is 1.89 bits per heavy atom. The average Bonchev–Trinajstić information content (AvgIpc) is 2.93. The Morgan fingerprint density at radius 3 is 2.63 bits per heavy atom. The van der Waals surface area contributed by atoms with E-state index in [1.165, 1.54) is 12.0 Å². The molecule has 140 valence electrons. The Morgan fingerprint density at radius 1 is 1.15 bits per heavy atom. The van der Waals surface area contributed by atoms with Gasteiger partial charge in [0.15, 0.2) is 5.78 Å². The minimum absolute atomic E-state index is 0.0989. The van der Waals surface area contributed by atoms with E-state index in [0.29, 0.717) is 19.6 Å². The monoisotopic (exact) mass is 365 g/mol. The minimum Gasteiger partial charge on any atom is -0.452 e. The first kappa shape index (κ1) is 17.7. The Labute approximate surface area is 158 Å². The van der Waals surface area contributed by atoms with Gasteiger partial charge in [-0.1, -0.05) is 48.5 Å². The number of methoxy groups -OCH3 is 1. The van der Waals surface area contributed by atoms with Gasteiger partial charge in [0.25, 0.3) is 0 Å². The van der Waals surface area contributed by atoms with Crippen molar-refractivity contribution in [2.45, 2.75) is 37.3 Å². The van der Waals surface area contributed by atoms with Gasteiger partial charge in [-0.25, -0.2) is 4.79 Å². The van der Waals surface area contributed by atoms with Crippen LogP contribution in [0.15, 0.2) is 54.6 Å². The summed E-state index contributed by atoms with van der Waals surface area (Å²) < 4.78 is 10.7. The van der Waals surface area contributed by atoms with Crippen LogP contribution in [0.5, 0.6) is 0 Å². The zero-order valence-electron chi connectivity index (χ0n) is 15.4. The highest BCUT2D eigenvalue weighted by atomic mass is 16.5. The quantitative estimate of drug-likeness (QED) is 0.730. The molecule has 1 amide bonds. The third-order valence-corrected chi connectivity index (χ3v) is 5.67. The average molecular weight is 365 g/mol. The van der Waals surface area contributed by atoms with Crippen LogP contribution in [0.25, 0.3) is 0 Å². The van der Waals surface area contributed by atoms with Gasteiger partial charge < -0.3 is 9.47 Å². The molecule has 27 heavy (non-hydrogen) atoms. The van der Waals surface area contributed by atoms with Gasteiger partial charge in [-0.3, -0.25) is 9.69 Å². The molecule has 5 nitrogen and oxygen atoms in total. The highest BCUT2D eigenvalue weighted by Gasteiger charge is 2.63. The van der Waals surface area contributed by atoms with E-state index in [-0.39, 0.29) is 11.2 Å². The van der Waals surface area contributed by atoms with Gasteiger partial charge in [0.1, 0.15) is 6.04 Å². The first-order valence-corrected chi connectivity index (χ1v) is 9.28. The fourth-order valence-corrected chi connectivity index (χ4v) is 4.47. The van der Waals surface area contributed by atoms with Crippen LogP contribution in [0.1, 0.15) is 30.4 Å². The normalized spacial score (nSPS) is 22.8. The lowest BCUT2D eigenvalue weighted by Crippen LogP contribution is -2.61. The Hall–Kier alpha value is -2.66. The maximum Gasteiger partial charge on any atom is 0.414 e. The second-order valence-corrected chi connectivity index (χ2v) is 7.20. The summed E-state index contributed by atoms with van der Waals surface area (Å²) >= 11 is 0. The van der Waals surface area contributed by atoms with Crippen molar-refractivity contribution in [1.29, 1.82) is 0 Å². The van der Waals surface area contributed by atoms with Crippen molar-refractivity contribution in [2.75, 3.05) is 18.6 Å². The van der Waals surface area contributed by atoms with Crippen LogP contribution >= 0.6 is 0 Å². The van der Waals surface area contributed by atoms with E-state index in [0.717, 1.165) is 29.7 Å². The molecule has 1 fully saturated rings. The number of para-hydroxylation sites is 1. The van der Waals surface area contributed by atoms with E-state index in [9.17, 15) is 9.59 Å². The van der Waals surface area contributed by atoms with Crippen LogP contribution in [0.4, 0.5) is 10.5 Å².